The second-order valence-corrected chi connectivity index (χ2v) is 7.97. The zero-order valence-electron chi connectivity index (χ0n) is 17.7. The van der Waals surface area contributed by atoms with Gasteiger partial charge in [0, 0.05) is 17.9 Å². The topological polar surface area (TPSA) is 43.3 Å². The van der Waals surface area contributed by atoms with Crippen LogP contribution in [0.15, 0.2) is 59.7 Å². The fourth-order valence-electron chi connectivity index (χ4n) is 4.49. The fraction of sp³-hybridized carbons (Fsp3) is 0.458. The van der Waals surface area contributed by atoms with Crippen LogP contribution in [0.5, 0.6) is 5.75 Å². The standard InChI is InChI=1S/C24H30N2O3/c1-5-28-17(2)29-16-15-24(3)21-22(18-9-7-6-8-10-18)25-26(23(21)24)19-11-13-20(27-4)14-12-19/h6-14,17,21,23H,5,15-16H2,1-4H3. The summed E-state index contributed by atoms with van der Waals surface area (Å²) < 4.78 is 16.7. The van der Waals surface area contributed by atoms with Crippen molar-refractivity contribution in [2.24, 2.45) is 16.4 Å². The third kappa shape index (κ3) is 3.77. The highest BCUT2D eigenvalue weighted by atomic mass is 16.7. The number of hydrazone groups is 1. The third-order valence-corrected chi connectivity index (χ3v) is 6.17. The zero-order valence-corrected chi connectivity index (χ0v) is 17.7. The number of rotatable bonds is 9. The zero-order chi connectivity index (χ0) is 20.4. The van der Waals surface area contributed by atoms with Crippen LogP contribution in [0.1, 0.15) is 32.8 Å². The summed E-state index contributed by atoms with van der Waals surface area (Å²) in [4.78, 5) is 0. The normalized spacial score (nSPS) is 26.1. The van der Waals surface area contributed by atoms with Gasteiger partial charge in [-0.1, -0.05) is 37.3 Å². The molecule has 154 valence electrons. The predicted octanol–water partition coefficient (Wildman–Crippen LogP) is 4.71. The largest absolute Gasteiger partial charge is 0.497 e. The number of fused-ring (bicyclic) bond motifs is 1. The van der Waals surface area contributed by atoms with Gasteiger partial charge in [-0.15, -0.1) is 0 Å². The summed E-state index contributed by atoms with van der Waals surface area (Å²) in [6.45, 7) is 7.65. The van der Waals surface area contributed by atoms with E-state index in [9.17, 15) is 0 Å². The molecule has 1 saturated carbocycles. The molecule has 2 aliphatic rings. The summed E-state index contributed by atoms with van der Waals surface area (Å²) in [6, 6.07) is 19.0. The third-order valence-electron chi connectivity index (χ3n) is 6.17. The second-order valence-electron chi connectivity index (χ2n) is 7.97. The Morgan fingerprint density at radius 3 is 2.45 bits per heavy atom. The van der Waals surface area contributed by atoms with E-state index in [1.807, 2.05) is 32.0 Å². The molecule has 0 radical (unpaired) electrons. The molecule has 0 saturated heterocycles. The van der Waals surface area contributed by atoms with Crippen LogP contribution in [0.25, 0.3) is 0 Å². The van der Waals surface area contributed by atoms with Gasteiger partial charge in [-0.05, 0) is 50.1 Å². The second kappa shape index (κ2) is 8.17. The van der Waals surface area contributed by atoms with Gasteiger partial charge in [0.2, 0.25) is 0 Å². The Morgan fingerprint density at radius 2 is 1.79 bits per heavy atom. The van der Waals surface area contributed by atoms with Crippen LogP contribution >= 0.6 is 0 Å². The van der Waals surface area contributed by atoms with Crippen molar-refractivity contribution in [3.63, 3.8) is 0 Å². The molecule has 5 nitrogen and oxygen atoms in total. The van der Waals surface area contributed by atoms with Gasteiger partial charge in [-0.2, -0.15) is 5.10 Å². The van der Waals surface area contributed by atoms with E-state index in [-0.39, 0.29) is 11.7 Å². The van der Waals surface area contributed by atoms with Crippen molar-refractivity contribution in [2.75, 3.05) is 25.3 Å². The van der Waals surface area contributed by atoms with Crippen LogP contribution in [-0.2, 0) is 9.47 Å². The lowest BCUT2D eigenvalue weighted by Gasteiger charge is -2.24. The van der Waals surface area contributed by atoms with Gasteiger partial charge in [-0.25, -0.2) is 0 Å². The van der Waals surface area contributed by atoms with Crippen LogP contribution in [0, 0.1) is 11.3 Å². The first-order valence-corrected chi connectivity index (χ1v) is 10.4. The molecule has 0 bridgehead atoms. The van der Waals surface area contributed by atoms with Gasteiger partial charge in [0.05, 0.1) is 31.2 Å². The van der Waals surface area contributed by atoms with Crippen molar-refractivity contribution >= 4 is 11.4 Å². The molecule has 2 aromatic rings. The molecule has 2 aromatic carbocycles. The molecule has 1 heterocycles. The van der Waals surface area contributed by atoms with Crippen molar-refractivity contribution in [1.82, 2.24) is 0 Å². The van der Waals surface area contributed by atoms with Crippen molar-refractivity contribution in [3.8, 4) is 5.75 Å². The lowest BCUT2D eigenvalue weighted by molar-refractivity contribution is -0.129. The molecule has 29 heavy (non-hydrogen) atoms. The van der Waals surface area contributed by atoms with E-state index in [0.29, 0.717) is 25.2 Å². The number of methoxy groups -OCH3 is 1. The maximum atomic E-state index is 5.88. The first-order chi connectivity index (χ1) is 14.1. The number of benzene rings is 2. The summed E-state index contributed by atoms with van der Waals surface area (Å²) in [6.07, 6.45) is 0.806. The average Bonchev–Trinajstić information content (AvgIpc) is 3.12. The highest BCUT2D eigenvalue weighted by Gasteiger charge is 2.69. The van der Waals surface area contributed by atoms with Gasteiger partial charge in [0.25, 0.3) is 0 Å². The number of hydrogen-bond acceptors (Lipinski definition) is 5. The van der Waals surface area contributed by atoms with Crippen LogP contribution in [0.3, 0.4) is 0 Å². The molecule has 1 aliphatic heterocycles. The number of hydrogen-bond donors (Lipinski definition) is 0. The van der Waals surface area contributed by atoms with E-state index in [1.54, 1.807) is 7.11 Å². The van der Waals surface area contributed by atoms with Crippen molar-refractivity contribution < 1.29 is 14.2 Å². The maximum Gasteiger partial charge on any atom is 0.154 e. The Bertz CT molecular complexity index is 852. The van der Waals surface area contributed by atoms with Gasteiger partial charge in [0.1, 0.15) is 5.75 Å². The Labute approximate surface area is 173 Å². The summed E-state index contributed by atoms with van der Waals surface area (Å²) >= 11 is 0. The molecular formula is C24H30N2O3. The average molecular weight is 395 g/mol. The first-order valence-electron chi connectivity index (χ1n) is 10.4. The first kappa shape index (κ1) is 19.9. The van der Waals surface area contributed by atoms with Gasteiger partial charge >= 0.3 is 0 Å². The Morgan fingerprint density at radius 1 is 1.07 bits per heavy atom. The molecule has 0 amide bonds. The van der Waals surface area contributed by atoms with Gasteiger partial charge in [0.15, 0.2) is 6.29 Å². The highest BCUT2D eigenvalue weighted by Crippen LogP contribution is 2.63. The SMILES string of the molecule is CCOC(C)OCCC1(C)C2C(c3ccccc3)=NN(c3ccc(OC)cc3)C21. The lowest BCUT2D eigenvalue weighted by Crippen LogP contribution is -2.25. The van der Waals surface area contributed by atoms with E-state index in [1.165, 1.54) is 11.3 Å². The van der Waals surface area contributed by atoms with Crippen LogP contribution in [-0.4, -0.2) is 38.4 Å². The predicted molar refractivity (Wildman–Crippen MR) is 115 cm³/mol. The molecule has 1 aliphatic carbocycles. The smallest absolute Gasteiger partial charge is 0.154 e. The molecule has 0 spiro atoms. The van der Waals surface area contributed by atoms with E-state index in [0.717, 1.165) is 17.9 Å². The molecule has 0 N–H and O–H groups in total. The maximum absolute atomic E-state index is 5.88. The van der Waals surface area contributed by atoms with Crippen molar-refractivity contribution in [3.05, 3.63) is 60.2 Å². The molecule has 4 atom stereocenters. The number of nitrogens with zero attached hydrogens (tertiary/aromatic N) is 2. The summed E-state index contributed by atoms with van der Waals surface area (Å²) in [5, 5.41) is 7.22. The molecule has 4 rings (SSSR count). The van der Waals surface area contributed by atoms with E-state index in [2.05, 4.69) is 48.3 Å². The Kier molecular flexibility index (Phi) is 5.61. The van der Waals surface area contributed by atoms with E-state index in [4.69, 9.17) is 19.3 Å². The summed E-state index contributed by atoms with van der Waals surface area (Å²) in [7, 11) is 1.69. The van der Waals surface area contributed by atoms with Gasteiger partial charge < -0.3 is 14.2 Å². The van der Waals surface area contributed by atoms with E-state index < -0.39 is 0 Å². The minimum absolute atomic E-state index is 0.124. The Balaban J connectivity index is 1.56. The molecule has 0 aromatic heterocycles. The minimum atomic E-state index is -0.165. The molecule has 1 fully saturated rings. The van der Waals surface area contributed by atoms with Crippen molar-refractivity contribution in [1.29, 1.82) is 0 Å². The molecular weight excluding hydrogens is 364 g/mol. The highest BCUT2D eigenvalue weighted by molar-refractivity contribution is 6.08. The van der Waals surface area contributed by atoms with Gasteiger partial charge in [-0.3, -0.25) is 5.01 Å². The molecule has 5 heteroatoms. The minimum Gasteiger partial charge on any atom is -0.497 e. The van der Waals surface area contributed by atoms with Crippen LogP contribution in [0.4, 0.5) is 5.69 Å². The van der Waals surface area contributed by atoms with Crippen molar-refractivity contribution in [2.45, 2.75) is 39.5 Å². The molecule has 4 unspecified atom stereocenters. The number of anilines is 1. The Hall–Kier alpha value is -2.37. The van der Waals surface area contributed by atoms with E-state index >= 15 is 0 Å². The van der Waals surface area contributed by atoms with Crippen LogP contribution in [0.2, 0.25) is 0 Å². The summed E-state index contributed by atoms with van der Waals surface area (Å²) in [5.41, 5.74) is 3.59. The quantitative estimate of drug-likeness (QED) is 0.578. The van der Waals surface area contributed by atoms with Crippen LogP contribution < -0.4 is 9.75 Å². The summed E-state index contributed by atoms with van der Waals surface area (Å²) in [5.74, 6) is 1.26. The monoisotopic (exact) mass is 394 g/mol. The number of ether oxygens (including phenoxy) is 3. The lowest BCUT2D eigenvalue weighted by atomic mass is 9.96. The fourth-order valence-corrected chi connectivity index (χ4v) is 4.49.